The third-order valence-corrected chi connectivity index (χ3v) is 1.88. The molecule has 0 bridgehead atoms. The summed E-state index contributed by atoms with van der Waals surface area (Å²) in [7, 11) is 0. The molecule has 13 heavy (non-hydrogen) atoms. The Balaban J connectivity index is 0.000000671. The van der Waals surface area contributed by atoms with Crippen LogP contribution >= 0.6 is 0 Å². The molecule has 0 radical (unpaired) electrons. The standard InChI is InChI=1S/C10H13F.C2H6/c1-3-10(11)9-7-5-4-6-8(9)2;1-2/h4-7,10H,3H2,1-2H3;1-2H3. The van der Waals surface area contributed by atoms with E-state index in [-0.39, 0.29) is 0 Å². The lowest BCUT2D eigenvalue weighted by Gasteiger charge is -2.07. The number of benzene rings is 1. The molecule has 1 atom stereocenters. The van der Waals surface area contributed by atoms with Gasteiger partial charge in [-0.15, -0.1) is 0 Å². The number of alkyl halides is 1. The van der Waals surface area contributed by atoms with Crippen molar-refractivity contribution in [2.45, 2.75) is 40.3 Å². The SMILES string of the molecule is CC.CCC(F)c1ccccc1C. The van der Waals surface area contributed by atoms with E-state index < -0.39 is 6.17 Å². The summed E-state index contributed by atoms with van der Waals surface area (Å²) >= 11 is 0. The minimum Gasteiger partial charge on any atom is -0.242 e. The van der Waals surface area contributed by atoms with Gasteiger partial charge < -0.3 is 0 Å². The first-order valence-electron chi connectivity index (χ1n) is 4.95. The Labute approximate surface area is 80.8 Å². The van der Waals surface area contributed by atoms with Gasteiger partial charge in [0.25, 0.3) is 0 Å². The Hall–Kier alpha value is -0.850. The molecule has 1 unspecified atom stereocenters. The molecule has 0 aromatic heterocycles. The second-order valence-corrected chi connectivity index (χ2v) is 2.73. The maximum atomic E-state index is 13.1. The van der Waals surface area contributed by atoms with Crippen molar-refractivity contribution in [2.24, 2.45) is 0 Å². The zero-order chi connectivity index (χ0) is 10.3. The Bertz CT molecular complexity index is 230. The van der Waals surface area contributed by atoms with Gasteiger partial charge in [-0.3, -0.25) is 0 Å². The average molecular weight is 182 g/mol. The van der Waals surface area contributed by atoms with Gasteiger partial charge in [-0.05, 0) is 24.5 Å². The van der Waals surface area contributed by atoms with Gasteiger partial charge in [-0.25, -0.2) is 4.39 Å². The predicted molar refractivity (Wildman–Crippen MR) is 56.7 cm³/mol. The summed E-state index contributed by atoms with van der Waals surface area (Å²) in [6, 6.07) is 7.60. The van der Waals surface area contributed by atoms with Crippen LogP contribution in [0.1, 0.15) is 44.5 Å². The summed E-state index contributed by atoms with van der Waals surface area (Å²) in [5, 5.41) is 0. The van der Waals surface area contributed by atoms with Crippen LogP contribution in [0.5, 0.6) is 0 Å². The van der Waals surface area contributed by atoms with Crippen molar-refractivity contribution in [1.29, 1.82) is 0 Å². The van der Waals surface area contributed by atoms with Crippen LogP contribution in [0.4, 0.5) is 4.39 Å². The molecule has 0 nitrogen and oxygen atoms in total. The number of halogens is 1. The number of hydrogen-bond donors (Lipinski definition) is 0. The molecule has 0 saturated carbocycles. The Morgan fingerprint density at radius 2 is 1.77 bits per heavy atom. The first-order chi connectivity index (χ1) is 6.25. The van der Waals surface area contributed by atoms with Crippen LogP contribution in [0.25, 0.3) is 0 Å². The molecule has 0 saturated heterocycles. The van der Waals surface area contributed by atoms with Crippen molar-refractivity contribution in [3.8, 4) is 0 Å². The third kappa shape index (κ3) is 3.58. The van der Waals surface area contributed by atoms with Gasteiger partial charge >= 0.3 is 0 Å². The highest BCUT2D eigenvalue weighted by Crippen LogP contribution is 2.23. The topological polar surface area (TPSA) is 0 Å². The average Bonchev–Trinajstić information content (AvgIpc) is 2.20. The fourth-order valence-corrected chi connectivity index (χ4v) is 1.16. The second-order valence-electron chi connectivity index (χ2n) is 2.73. The van der Waals surface area contributed by atoms with Crippen molar-refractivity contribution in [3.05, 3.63) is 35.4 Å². The Morgan fingerprint density at radius 1 is 1.23 bits per heavy atom. The maximum absolute atomic E-state index is 13.1. The van der Waals surface area contributed by atoms with Gasteiger partial charge in [0.1, 0.15) is 6.17 Å². The molecular weight excluding hydrogens is 163 g/mol. The van der Waals surface area contributed by atoms with Gasteiger partial charge in [-0.1, -0.05) is 45.0 Å². The summed E-state index contributed by atoms with van der Waals surface area (Å²) in [6.07, 6.45) is -0.235. The van der Waals surface area contributed by atoms with Crippen molar-refractivity contribution in [3.63, 3.8) is 0 Å². The fraction of sp³-hybridized carbons (Fsp3) is 0.500. The van der Waals surface area contributed by atoms with Crippen LogP contribution in [-0.4, -0.2) is 0 Å². The molecule has 0 aliphatic rings. The lowest BCUT2D eigenvalue weighted by Crippen LogP contribution is -1.91. The van der Waals surface area contributed by atoms with Gasteiger partial charge in [-0.2, -0.15) is 0 Å². The summed E-state index contributed by atoms with van der Waals surface area (Å²) < 4.78 is 13.1. The zero-order valence-electron chi connectivity index (χ0n) is 8.97. The predicted octanol–water partition coefficient (Wildman–Crippen LogP) is 4.44. The van der Waals surface area contributed by atoms with Crippen molar-refractivity contribution >= 4 is 0 Å². The van der Waals surface area contributed by atoms with E-state index in [4.69, 9.17) is 0 Å². The quantitative estimate of drug-likeness (QED) is 0.634. The van der Waals surface area contributed by atoms with Crippen LogP contribution < -0.4 is 0 Å². The number of aryl methyl sites for hydroxylation is 1. The molecule has 0 heterocycles. The second kappa shape index (κ2) is 6.64. The minimum atomic E-state index is -0.795. The molecule has 0 aliphatic heterocycles. The van der Waals surface area contributed by atoms with E-state index in [0.29, 0.717) is 6.42 Å². The van der Waals surface area contributed by atoms with Crippen LogP contribution in [0.15, 0.2) is 24.3 Å². The van der Waals surface area contributed by atoms with E-state index in [1.54, 1.807) is 0 Å². The van der Waals surface area contributed by atoms with Crippen LogP contribution in [0.2, 0.25) is 0 Å². The highest BCUT2D eigenvalue weighted by molar-refractivity contribution is 5.27. The van der Waals surface area contributed by atoms with E-state index in [0.717, 1.165) is 11.1 Å². The molecule has 1 aromatic carbocycles. The lowest BCUT2D eigenvalue weighted by molar-refractivity contribution is 0.333. The third-order valence-electron chi connectivity index (χ3n) is 1.88. The zero-order valence-corrected chi connectivity index (χ0v) is 8.97. The number of hydrogen-bond acceptors (Lipinski definition) is 0. The molecule has 1 rings (SSSR count). The molecule has 1 heteroatoms. The van der Waals surface area contributed by atoms with Gasteiger partial charge in [0, 0.05) is 0 Å². The summed E-state index contributed by atoms with van der Waals surface area (Å²) in [5.74, 6) is 0. The minimum absolute atomic E-state index is 0.560. The molecule has 0 N–H and O–H groups in total. The first-order valence-corrected chi connectivity index (χ1v) is 4.95. The van der Waals surface area contributed by atoms with Crippen LogP contribution in [0.3, 0.4) is 0 Å². The highest BCUT2D eigenvalue weighted by atomic mass is 19.1. The van der Waals surface area contributed by atoms with Crippen molar-refractivity contribution in [1.82, 2.24) is 0 Å². The van der Waals surface area contributed by atoms with E-state index in [2.05, 4.69) is 0 Å². The van der Waals surface area contributed by atoms with Gasteiger partial charge in [0.15, 0.2) is 0 Å². The normalized spacial score (nSPS) is 11.5. The van der Waals surface area contributed by atoms with E-state index in [1.165, 1.54) is 0 Å². The van der Waals surface area contributed by atoms with Gasteiger partial charge in [0.05, 0.1) is 0 Å². The van der Waals surface area contributed by atoms with Crippen molar-refractivity contribution < 1.29 is 4.39 Å². The molecule has 1 aromatic rings. The number of rotatable bonds is 2. The molecule has 74 valence electrons. The Morgan fingerprint density at radius 3 is 2.23 bits per heavy atom. The Kier molecular flexibility index (Phi) is 6.21. The van der Waals surface area contributed by atoms with Crippen LogP contribution in [-0.2, 0) is 0 Å². The molecular formula is C12H19F. The van der Waals surface area contributed by atoms with E-state index in [9.17, 15) is 4.39 Å². The molecule has 0 fully saturated rings. The first kappa shape index (κ1) is 12.2. The van der Waals surface area contributed by atoms with E-state index in [1.807, 2.05) is 52.0 Å². The van der Waals surface area contributed by atoms with Gasteiger partial charge in [0.2, 0.25) is 0 Å². The summed E-state index contributed by atoms with van der Waals surface area (Å²) in [5.41, 5.74) is 1.87. The molecule has 0 aliphatic carbocycles. The van der Waals surface area contributed by atoms with Crippen LogP contribution in [0, 0.1) is 6.92 Å². The lowest BCUT2D eigenvalue weighted by atomic mass is 10.0. The van der Waals surface area contributed by atoms with E-state index >= 15 is 0 Å². The summed E-state index contributed by atoms with van der Waals surface area (Å²) in [4.78, 5) is 0. The van der Waals surface area contributed by atoms with Crippen molar-refractivity contribution in [2.75, 3.05) is 0 Å². The fourth-order valence-electron chi connectivity index (χ4n) is 1.16. The molecule has 0 spiro atoms. The maximum Gasteiger partial charge on any atom is 0.125 e. The molecule has 0 amide bonds. The monoisotopic (exact) mass is 182 g/mol. The smallest absolute Gasteiger partial charge is 0.125 e. The largest absolute Gasteiger partial charge is 0.242 e. The highest BCUT2D eigenvalue weighted by Gasteiger charge is 2.07. The summed E-state index contributed by atoms with van der Waals surface area (Å²) in [6.45, 7) is 7.80.